The summed E-state index contributed by atoms with van der Waals surface area (Å²) < 4.78 is 0. The third kappa shape index (κ3) is 3.57. The van der Waals surface area contributed by atoms with Gasteiger partial charge in [0.1, 0.15) is 0 Å². The number of hydrogen-bond acceptors (Lipinski definition) is 4. The van der Waals surface area contributed by atoms with Gasteiger partial charge in [-0.3, -0.25) is 10.1 Å². The van der Waals surface area contributed by atoms with Gasteiger partial charge in [-0.15, -0.1) is 0 Å². The second-order valence-corrected chi connectivity index (χ2v) is 5.93. The summed E-state index contributed by atoms with van der Waals surface area (Å²) in [6, 6.07) is 11.7. The largest absolute Gasteiger partial charge is 0.380 e. The highest BCUT2D eigenvalue weighted by molar-refractivity contribution is 7.15. The number of thiophene rings is 1. The van der Waals surface area contributed by atoms with Gasteiger partial charge in [-0.2, -0.15) is 0 Å². The molecule has 4 nitrogen and oxygen atoms in total. The maximum absolute atomic E-state index is 10.6. The van der Waals surface area contributed by atoms with Crippen LogP contribution in [0, 0.1) is 10.1 Å². The number of nitrogens with one attached hydrogen (secondary N) is 1. The Kier molecular flexibility index (Phi) is 4.74. The van der Waals surface area contributed by atoms with Crippen molar-refractivity contribution in [3.8, 4) is 0 Å². The Balaban J connectivity index is 1.94. The maximum Gasteiger partial charge on any atom is 0.324 e. The minimum absolute atomic E-state index is 0.189. The molecule has 0 amide bonds. The molecule has 0 saturated heterocycles. The normalized spacial score (nSPS) is 12.1. The Morgan fingerprint density at radius 3 is 2.50 bits per heavy atom. The Bertz CT molecular complexity index is 578. The molecule has 1 aromatic carbocycles. The van der Waals surface area contributed by atoms with Gasteiger partial charge in [0.2, 0.25) is 0 Å². The first-order valence-electron chi connectivity index (χ1n) is 6.67. The topological polar surface area (TPSA) is 55.2 Å². The minimum atomic E-state index is -0.352. The van der Waals surface area contributed by atoms with Gasteiger partial charge in [-0.25, -0.2) is 0 Å². The number of nitrogens with zero attached hydrogens (tertiary/aromatic N) is 1. The summed E-state index contributed by atoms with van der Waals surface area (Å²) in [4.78, 5) is 11.2. The van der Waals surface area contributed by atoms with Crippen molar-refractivity contribution in [2.24, 2.45) is 0 Å². The molecular weight excluding hydrogens is 272 g/mol. The maximum atomic E-state index is 10.6. The lowest BCUT2D eigenvalue weighted by Crippen LogP contribution is -1.98. The van der Waals surface area contributed by atoms with E-state index in [0.717, 1.165) is 17.0 Å². The highest BCUT2D eigenvalue weighted by atomic mass is 32.1. The molecular formula is C15H18N2O2S. The van der Waals surface area contributed by atoms with Crippen molar-refractivity contribution in [2.75, 3.05) is 5.32 Å². The fourth-order valence-corrected chi connectivity index (χ4v) is 2.67. The third-order valence-corrected chi connectivity index (χ3v) is 4.42. The molecule has 1 unspecified atom stereocenters. The molecule has 0 aliphatic heterocycles. The molecule has 20 heavy (non-hydrogen) atoms. The first kappa shape index (κ1) is 14.5. The molecule has 0 fully saturated rings. The number of hydrogen-bond donors (Lipinski definition) is 1. The van der Waals surface area contributed by atoms with Gasteiger partial charge in [-0.05, 0) is 36.1 Å². The van der Waals surface area contributed by atoms with Crippen LogP contribution in [-0.4, -0.2) is 4.92 Å². The fraction of sp³-hybridized carbons (Fsp3) is 0.333. The standard InChI is InChI=1S/C15H18N2O2S/c1-3-11(2)12-4-6-13(7-5-12)16-10-14-8-9-15(20-14)17(18)19/h4-9,11,16H,3,10H2,1-2H3. The summed E-state index contributed by atoms with van der Waals surface area (Å²) in [5, 5.41) is 14.1. The smallest absolute Gasteiger partial charge is 0.324 e. The van der Waals surface area contributed by atoms with Crippen LogP contribution in [0.15, 0.2) is 36.4 Å². The van der Waals surface area contributed by atoms with E-state index in [1.165, 1.54) is 16.9 Å². The van der Waals surface area contributed by atoms with Gasteiger partial charge >= 0.3 is 5.00 Å². The lowest BCUT2D eigenvalue weighted by atomic mass is 9.99. The zero-order valence-corrected chi connectivity index (χ0v) is 12.4. The van der Waals surface area contributed by atoms with Gasteiger partial charge in [0.25, 0.3) is 0 Å². The van der Waals surface area contributed by atoms with Crippen LogP contribution in [0.1, 0.15) is 36.6 Å². The SMILES string of the molecule is CCC(C)c1ccc(NCc2ccc([N+](=O)[O-])s2)cc1. The van der Waals surface area contributed by atoms with Crippen molar-refractivity contribution in [3.63, 3.8) is 0 Å². The Morgan fingerprint density at radius 2 is 1.95 bits per heavy atom. The molecule has 106 valence electrons. The van der Waals surface area contributed by atoms with Crippen molar-refractivity contribution in [3.05, 3.63) is 57.0 Å². The Labute approximate surface area is 122 Å². The number of anilines is 1. The summed E-state index contributed by atoms with van der Waals surface area (Å²) in [7, 11) is 0. The minimum Gasteiger partial charge on any atom is -0.380 e. The summed E-state index contributed by atoms with van der Waals surface area (Å²) in [5.41, 5.74) is 2.37. The molecule has 1 N–H and O–H groups in total. The highest BCUT2D eigenvalue weighted by Gasteiger charge is 2.09. The lowest BCUT2D eigenvalue weighted by molar-refractivity contribution is -0.380. The predicted octanol–water partition coefficient (Wildman–Crippen LogP) is 4.78. The summed E-state index contributed by atoms with van der Waals surface area (Å²) in [6.07, 6.45) is 1.13. The molecule has 0 aliphatic carbocycles. The van der Waals surface area contributed by atoms with E-state index in [9.17, 15) is 10.1 Å². The summed E-state index contributed by atoms with van der Waals surface area (Å²) in [6.45, 7) is 5.01. The first-order valence-corrected chi connectivity index (χ1v) is 7.48. The zero-order chi connectivity index (χ0) is 14.5. The van der Waals surface area contributed by atoms with Gasteiger partial charge in [0, 0.05) is 23.2 Å². The van der Waals surface area contributed by atoms with Crippen molar-refractivity contribution in [2.45, 2.75) is 32.7 Å². The van der Waals surface area contributed by atoms with Crippen LogP contribution >= 0.6 is 11.3 Å². The number of benzene rings is 1. The lowest BCUT2D eigenvalue weighted by Gasteiger charge is -2.10. The fourth-order valence-electron chi connectivity index (χ4n) is 1.91. The van der Waals surface area contributed by atoms with E-state index in [4.69, 9.17) is 0 Å². The quantitative estimate of drug-likeness (QED) is 0.615. The van der Waals surface area contributed by atoms with Crippen molar-refractivity contribution < 1.29 is 4.92 Å². The molecule has 0 saturated carbocycles. The third-order valence-electron chi connectivity index (χ3n) is 3.39. The summed E-state index contributed by atoms with van der Waals surface area (Å²) >= 11 is 1.21. The molecule has 2 rings (SSSR count). The monoisotopic (exact) mass is 290 g/mol. The predicted molar refractivity (Wildman–Crippen MR) is 83.4 cm³/mol. The van der Waals surface area contributed by atoms with Gasteiger partial charge in [0.15, 0.2) is 0 Å². The second kappa shape index (κ2) is 6.52. The van der Waals surface area contributed by atoms with E-state index in [2.05, 4.69) is 43.4 Å². The molecule has 0 radical (unpaired) electrons. The Morgan fingerprint density at radius 1 is 1.25 bits per heavy atom. The van der Waals surface area contributed by atoms with Crippen LogP contribution < -0.4 is 5.32 Å². The average molecular weight is 290 g/mol. The molecule has 0 aliphatic rings. The van der Waals surface area contributed by atoms with Crippen LogP contribution in [0.25, 0.3) is 0 Å². The number of nitro groups is 1. The van der Waals surface area contributed by atoms with Crippen LogP contribution in [0.5, 0.6) is 0 Å². The van der Waals surface area contributed by atoms with Crippen molar-refractivity contribution >= 4 is 22.0 Å². The van der Waals surface area contributed by atoms with Gasteiger partial charge in [-0.1, -0.05) is 37.3 Å². The van der Waals surface area contributed by atoms with E-state index >= 15 is 0 Å². The van der Waals surface area contributed by atoms with Crippen LogP contribution in [0.3, 0.4) is 0 Å². The molecule has 5 heteroatoms. The number of rotatable bonds is 6. The molecule has 1 heterocycles. The zero-order valence-electron chi connectivity index (χ0n) is 11.6. The van der Waals surface area contributed by atoms with Crippen molar-refractivity contribution in [1.82, 2.24) is 0 Å². The van der Waals surface area contributed by atoms with E-state index in [1.54, 1.807) is 12.1 Å². The molecule has 1 aromatic heterocycles. The van der Waals surface area contributed by atoms with Gasteiger partial charge in [0.05, 0.1) is 4.92 Å². The molecule has 0 bridgehead atoms. The summed E-state index contributed by atoms with van der Waals surface area (Å²) in [5.74, 6) is 0.573. The van der Waals surface area contributed by atoms with Crippen LogP contribution in [0.2, 0.25) is 0 Å². The molecule has 2 aromatic rings. The second-order valence-electron chi connectivity index (χ2n) is 4.78. The van der Waals surface area contributed by atoms with E-state index in [0.29, 0.717) is 12.5 Å². The Hall–Kier alpha value is -1.88. The van der Waals surface area contributed by atoms with Crippen LogP contribution in [0.4, 0.5) is 10.7 Å². The molecule has 1 atom stereocenters. The average Bonchev–Trinajstić information content (AvgIpc) is 2.94. The van der Waals surface area contributed by atoms with Gasteiger partial charge < -0.3 is 5.32 Å². The molecule has 0 spiro atoms. The van der Waals surface area contributed by atoms with Crippen molar-refractivity contribution in [1.29, 1.82) is 0 Å². The van der Waals surface area contributed by atoms with E-state index < -0.39 is 0 Å². The van der Waals surface area contributed by atoms with E-state index in [-0.39, 0.29) is 9.92 Å². The van der Waals surface area contributed by atoms with E-state index in [1.807, 2.05) is 0 Å². The highest BCUT2D eigenvalue weighted by Crippen LogP contribution is 2.25. The van der Waals surface area contributed by atoms with Crippen LogP contribution in [-0.2, 0) is 6.54 Å². The first-order chi connectivity index (χ1) is 9.60.